The lowest BCUT2D eigenvalue weighted by molar-refractivity contribution is 0.244. The van der Waals surface area contributed by atoms with Crippen LogP contribution in [0.1, 0.15) is 37.4 Å². The van der Waals surface area contributed by atoms with E-state index in [1.54, 1.807) is 10.4 Å². The molecule has 1 aliphatic heterocycles. The van der Waals surface area contributed by atoms with Gasteiger partial charge in [0, 0.05) is 44.2 Å². The van der Waals surface area contributed by atoms with E-state index in [0.717, 1.165) is 31.9 Å². The molecule has 2 aromatic rings. The van der Waals surface area contributed by atoms with Crippen molar-refractivity contribution in [2.45, 2.75) is 37.4 Å². The van der Waals surface area contributed by atoms with Crippen LogP contribution >= 0.6 is 0 Å². The van der Waals surface area contributed by atoms with Crippen molar-refractivity contribution in [3.8, 4) is 0 Å². The minimum Gasteiger partial charge on any atom is -0.364 e. The summed E-state index contributed by atoms with van der Waals surface area (Å²) in [4.78, 5) is 7.17. The van der Waals surface area contributed by atoms with E-state index in [4.69, 9.17) is 9.52 Å². The molecule has 31 heavy (non-hydrogen) atoms. The SMILES string of the molecule is CCNC(=NCC1(c2ccccc2)CCC1)N1CCN(S(=O)(=O)Cc2ccon2)CC1. The van der Waals surface area contributed by atoms with Crippen molar-refractivity contribution in [2.75, 3.05) is 39.3 Å². The largest absolute Gasteiger partial charge is 0.364 e. The molecule has 0 atom stereocenters. The number of aromatic nitrogens is 1. The van der Waals surface area contributed by atoms with Crippen molar-refractivity contribution >= 4 is 16.0 Å². The zero-order valence-electron chi connectivity index (χ0n) is 18.0. The van der Waals surface area contributed by atoms with Gasteiger partial charge in [0.2, 0.25) is 10.0 Å². The number of nitrogens with zero attached hydrogens (tertiary/aromatic N) is 4. The summed E-state index contributed by atoms with van der Waals surface area (Å²) in [5.41, 5.74) is 1.93. The highest BCUT2D eigenvalue weighted by Gasteiger charge is 2.38. The zero-order chi connectivity index (χ0) is 21.7. The summed E-state index contributed by atoms with van der Waals surface area (Å²) in [6.45, 7) is 5.70. The van der Waals surface area contributed by atoms with E-state index in [1.165, 1.54) is 18.2 Å². The molecule has 1 N–H and O–H groups in total. The van der Waals surface area contributed by atoms with Gasteiger partial charge in [-0.15, -0.1) is 0 Å². The van der Waals surface area contributed by atoms with Crippen LogP contribution in [-0.2, 0) is 21.2 Å². The number of guanidine groups is 1. The smallest absolute Gasteiger partial charge is 0.220 e. The van der Waals surface area contributed by atoms with Crippen molar-refractivity contribution in [2.24, 2.45) is 4.99 Å². The molecule has 8 nitrogen and oxygen atoms in total. The van der Waals surface area contributed by atoms with Crippen LogP contribution in [0, 0.1) is 0 Å². The monoisotopic (exact) mass is 445 g/mol. The highest BCUT2D eigenvalue weighted by atomic mass is 32.2. The van der Waals surface area contributed by atoms with Crippen LogP contribution in [-0.4, -0.2) is 68.0 Å². The van der Waals surface area contributed by atoms with Crippen LogP contribution in [0.2, 0.25) is 0 Å². The molecule has 0 radical (unpaired) electrons. The van der Waals surface area contributed by atoms with Gasteiger partial charge in [-0.3, -0.25) is 4.99 Å². The van der Waals surface area contributed by atoms with E-state index < -0.39 is 10.0 Å². The number of hydrogen-bond acceptors (Lipinski definition) is 5. The molecular weight excluding hydrogens is 414 g/mol. The van der Waals surface area contributed by atoms with E-state index in [1.807, 2.05) is 0 Å². The molecule has 1 saturated carbocycles. The second-order valence-electron chi connectivity index (χ2n) is 8.30. The summed E-state index contributed by atoms with van der Waals surface area (Å²) in [6.07, 6.45) is 4.96. The third-order valence-electron chi connectivity index (χ3n) is 6.32. The van der Waals surface area contributed by atoms with Crippen molar-refractivity contribution in [1.29, 1.82) is 0 Å². The van der Waals surface area contributed by atoms with E-state index in [-0.39, 0.29) is 11.2 Å². The fourth-order valence-electron chi connectivity index (χ4n) is 4.35. The normalized spacial score (nSPS) is 19.8. The van der Waals surface area contributed by atoms with Crippen LogP contribution in [0.3, 0.4) is 0 Å². The van der Waals surface area contributed by atoms with Crippen LogP contribution in [0.15, 0.2) is 52.2 Å². The summed E-state index contributed by atoms with van der Waals surface area (Å²) in [6, 6.07) is 12.3. The van der Waals surface area contributed by atoms with Crippen molar-refractivity contribution < 1.29 is 12.9 Å². The second-order valence-corrected chi connectivity index (χ2v) is 10.3. The van der Waals surface area contributed by atoms with E-state index >= 15 is 0 Å². The topological polar surface area (TPSA) is 91.0 Å². The fraction of sp³-hybridized carbons (Fsp3) is 0.545. The molecule has 1 aromatic carbocycles. The standard InChI is InChI=1S/C22H31N5O3S/c1-2-23-21(24-18-22(10-6-11-22)19-7-4-3-5-8-19)26-12-14-27(15-13-26)31(28,29)17-20-9-16-30-25-20/h3-5,7-9,16H,2,6,10-15,17-18H2,1H3,(H,23,24). The fourth-order valence-corrected chi connectivity index (χ4v) is 5.78. The molecule has 0 amide bonds. The summed E-state index contributed by atoms with van der Waals surface area (Å²) in [5.74, 6) is 0.746. The van der Waals surface area contributed by atoms with Gasteiger partial charge in [0.15, 0.2) is 5.96 Å². The quantitative estimate of drug-likeness (QED) is 0.519. The summed E-state index contributed by atoms with van der Waals surface area (Å²) in [7, 11) is -3.41. The zero-order valence-corrected chi connectivity index (χ0v) is 18.9. The Morgan fingerprint density at radius 3 is 2.48 bits per heavy atom. The first kappa shape index (κ1) is 21.8. The maximum atomic E-state index is 12.7. The Labute approximate surface area is 184 Å². The number of nitrogens with one attached hydrogen (secondary N) is 1. The molecule has 2 heterocycles. The van der Waals surface area contributed by atoms with Gasteiger partial charge in [0.25, 0.3) is 0 Å². The lowest BCUT2D eigenvalue weighted by Crippen LogP contribution is -2.54. The predicted molar refractivity (Wildman–Crippen MR) is 120 cm³/mol. The molecule has 168 valence electrons. The highest BCUT2D eigenvalue weighted by Crippen LogP contribution is 2.43. The minimum absolute atomic E-state index is 0.128. The van der Waals surface area contributed by atoms with Crippen LogP contribution < -0.4 is 5.32 Å². The van der Waals surface area contributed by atoms with Gasteiger partial charge >= 0.3 is 0 Å². The van der Waals surface area contributed by atoms with Crippen LogP contribution in [0.25, 0.3) is 0 Å². The third kappa shape index (κ3) is 4.93. The van der Waals surface area contributed by atoms with Crippen molar-refractivity contribution in [1.82, 2.24) is 19.7 Å². The van der Waals surface area contributed by atoms with E-state index in [0.29, 0.717) is 31.9 Å². The van der Waals surface area contributed by atoms with Gasteiger partial charge in [-0.2, -0.15) is 4.31 Å². The van der Waals surface area contributed by atoms with Gasteiger partial charge in [-0.05, 0) is 25.3 Å². The molecule has 2 fully saturated rings. The molecule has 0 bridgehead atoms. The highest BCUT2D eigenvalue weighted by molar-refractivity contribution is 7.88. The Hall–Kier alpha value is -2.39. The van der Waals surface area contributed by atoms with Gasteiger partial charge in [-0.1, -0.05) is 41.9 Å². The first-order valence-corrected chi connectivity index (χ1v) is 12.6. The van der Waals surface area contributed by atoms with Crippen molar-refractivity contribution in [3.63, 3.8) is 0 Å². The molecule has 2 aliphatic rings. The summed E-state index contributed by atoms with van der Waals surface area (Å²) >= 11 is 0. The number of sulfonamides is 1. The number of hydrogen-bond donors (Lipinski definition) is 1. The molecule has 4 rings (SSSR count). The Morgan fingerprint density at radius 2 is 1.90 bits per heavy atom. The molecular formula is C22H31N5O3S. The first-order chi connectivity index (χ1) is 15.0. The number of rotatable bonds is 7. The summed E-state index contributed by atoms with van der Waals surface area (Å²) < 4.78 is 31.7. The van der Waals surface area contributed by atoms with Gasteiger partial charge in [0.1, 0.15) is 12.0 Å². The number of piperazine rings is 1. The second kappa shape index (κ2) is 9.40. The molecule has 9 heteroatoms. The van der Waals surface area contributed by atoms with Crippen molar-refractivity contribution in [3.05, 3.63) is 53.9 Å². The average molecular weight is 446 g/mol. The van der Waals surface area contributed by atoms with Gasteiger partial charge in [0.05, 0.1) is 12.2 Å². The maximum Gasteiger partial charge on any atom is 0.220 e. The third-order valence-corrected chi connectivity index (χ3v) is 8.13. The van der Waals surface area contributed by atoms with Crippen LogP contribution in [0.4, 0.5) is 0 Å². The molecule has 0 unspecified atom stereocenters. The van der Waals surface area contributed by atoms with E-state index in [2.05, 4.69) is 52.6 Å². The Kier molecular flexibility index (Phi) is 6.62. The predicted octanol–water partition coefficient (Wildman–Crippen LogP) is 2.21. The summed E-state index contributed by atoms with van der Waals surface area (Å²) in [5, 5.41) is 7.13. The Bertz CT molecular complexity index is 964. The van der Waals surface area contributed by atoms with Crippen LogP contribution in [0.5, 0.6) is 0 Å². The molecule has 1 aliphatic carbocycles. The Balaban J connectivity index is 1.40. The Morgan fingerprint density at radius 1 is 1.16 bits per heavy atom. The molecule has 0 spiro atoms. The first-order valence-electron chi connectivity index (χ1n) is 11.0. The molecule has 1 saturated heterocycles. The minimum atomic E-state index is -3.41. The lowest BCUT2D eigenvalue weighted by Gasteiger charge is -2.42. The molecule has 1 aromatic heterocycles. The van der Waals surface area contributed by atoms with Gasteiger partial charge < -0.3 is 14.7 Å². The number of aliphatic imine (C=N–C) groups is 1. The maximum absolute atomic E-state index is 12.7. The van der Waals surface area contributed by atoms with E-state index in [9.17, 15) is 8.42 Å². The average Bonchev–Trinajstić information content (AvgIpc) is 3.25. The lowest BCUT2D eigenvalue weighted by atomic mass is 9.64. The number of benzene rings is 1. The van der Waals surface area contributed by atoms with Gasteiger partial charge in [-0.25, -0.2) is 8.42 Å².